The van der Waals surface area contributed by atoms with Gasteiger partial charge in [-0.3, -0.25) is 0 Å². The number of ether oxygens (including phenoxy) is 2. The van der Waals surface area contributed by atoms with Crippen LogP contribution in [0.2, 0.25) is 0 Å². The minimum absolute atomic E-state index is 0.0941. The zero-order valence-electron chi connectivity index (χ0n) is 15.3. The van der Waals surface area contributed by atoms with Gasteiger partial charge in [0.25, 0.3) is 0 Å². The van der Waals surface area contributed by atoms with Crippen LogP contribution >= 0.6 is 0 Å². The minimum atomic E-state index is -0.455. The van der Waals surface area contributed by atoms with Gasteiger partial charge >= 0.3 is 6.09 Å². The summed E-state index contributed by atoms with van der Waals surface area (Å²) in [6.45, 7) is 8.49. The van der Waals surface area contributed by atoms with Crippen LogP contribution in [-0.4, -0.2) is 48.9 Å². The third kappa shape index (κ3) is 5.49. The molecule has 1 amide bonds. The van der Waals surface area contributed by atoms with Crippen LogP contribution in [0.25, 0.3) is 0 Å². The third-order valence-electron chi connectivity index (χ3n) is 4.30. The van der Waals surface area contributed by atoms with Crippen molar-refractivity contribution in [2.24, 2.45) is 0 Å². The van der Waals surface area contributed by atoms with Gasteiger partial charge in [0.2, 0.25) is 0 Å². The van der Waals surface area contributed by atoms with E-state index in [1.165, 1.54) is 5.56 Å². The summed E-state index contributed by atoms with van der Waals surface area (Å²) in [6, 6.07) is 10.3. The molecule has 1 heterocycles. The highest BCUT2D eigenvalue weighted by molar-refractivity contribution is 5.68. The molecule has 0 spiro atoms. The van der Waals surface area contributed by atoms with Crippen molar-refractivity contribution in [2.45, 2.75) is 51.3 Å². The smallest absolute Gasteiger partial charge is 0.410 e. The number of rotatable bonds is 5. The normalized spacial score (nSPS) is 17.6. The molecular weight excluding hydrogens is 304 g/mol. The number of nitrogens with one attached hydrogen (secondary N) is 1. The van der Waals surface area contributed by atoms with Crippen LogP contribution in [0.3, 0.4) is 0 Å². The standard InChI is InChI=1S/C19H30N2O3/c1-18(2,3)24-17(22)21-12-10-19(11-13-21,15-23-4)20-14-16-8-6-5-7-9-16/h5-9,20H,10-15H2,1-4H3. The summed E-state index contributed by atoms with van der Waals surface area (Å²) in [4.78, 5) is 14.0. The van der Waals surface area contributed by atoms with Crippen LogP contribution in [0.15, 0.2) is 30.3 Å². The lowest BCUT2D eigenvalue weighted by Gasteiger charge is -2.42. The summed E-state index contributed by atoms with van der Waals surface area (Å²) in [5, 5.41) is 3.66. The van der Waals surface area contributed by atoms with E-state index in [2.05, 4.69) is 17.4 Å². The van der Waals surface area contributed by atoms with Gasteiger partial charge in [0, 0.05) is 32.3 Å². The lowest BCUT2D eigenvalue weighted by Crippen LogP contribution is -2.57. The summed E-state index contributed by atoms with van der Waals surface area (Å²) in [6.07, 6.45) is 1.48. The fraction of sp³-hybridized carbons (Fsp3) is 0.632. The second-order valence-electron chi connectivity index (χ2n) is 7.52. The van der Waals surface area contributed by atoms with Crippen molar-refractivity contribution in [3.8, 4) is 0 Å². The van der Waals surface area contributed by atoms with Gasteiger partial charge in [-0.05, 0) is 39.2 Å². The number of carbonyl (C=O) groups excluding carboxylic acids is 1. The average Bonchev–Trinajstić information content (AvgIpc) is 2.53. The predicted octanol–water partition coefficient (Wildman–Crippen LogP) is 3.19. The van der Waals surface area contributed by atoms with E-state index in [1.807, 2.05) is 39.0 Å². The summed E-state index contributed by atoms with van der Waals surface area (Å²) >= 11 is 0. The first-order chi connectivity index (χ1) is 11.3. The molecule has 0 unspecified atom stereocenters. The summed E-state index contributed by atoms with van der Waals surface area (Å²) in [5.41, 5.74) is 0.704. The minimum Gasteiger partial charge on any atom is -0.444 e. The van der Waals surface area contributed by atoms with E-state index < -0.39 is 5.60 Å². The SMILES string of the molecule is COCC1(NCc2ccccc2)CCN(C(=O)OC(C)(C)C)CC1. The highest BCUT2D eigenvalue weighted by atomic mass is 16.6. The molecule has 0 aromatic heterocycles. The van der Waals surface area contributed by atoms with Crippen LogP contribution < -0.4 is 5.32 Å². The van der Waals surface area contributed by atoms with Crippen molar-refractivity contribution in [1.29, 1.82) is 0 Å². The first-order valence-corrected chi connectivity index (χ1v) is 8.59. The molecule has 1 aliphatic heterocycles. The Morgan fingerprint density at radius 1 is 1.21 bits per heavy atom. The Labute approximate surface area is 145 Å². The lowest BCUT2D eigenvalue weighted by atomic mass is 9.88. The van der Waals surface area contributed by atoms with Gasteiger partial charge in [0.1, 0.15) is 5.60 Å². The lowest BCUT2D eigenvalue weighted by molar-refractivity contribution is 0.00546. The Bertz CT molecular complexity index is 517. The predicted molar refractivity (Wildman–Crippen MR) is 94.9 cm³/mol. The maximum Gasteiger partial charge on any atom is 0.410 e. The molecule has 1 saturated heterocycles. The molecule has 0 bridgehead atoms. The topological polar surface area (TPSA) is 50.8 Å². The third-order valence-corrected chi connectivity index (χ3v) is 4.30. The van der Waals surface area contributed by atoms with Crippen molar-refractivity contribution < 1.29 is 14.3 Å². The Balaban J connectivity index is 1.92. The first-order valence-electron chi connectivity index (χ1n) is 8.59. The quantitative estimate of drug-likeness (QED) is 0.898. The van der Waals surface area contributed by atoms with E-state index >= 15 is 0 Å². The van der Waals surface area contributed by atoms with Crippen molar-refractivity contribution in [3.05, 3.63) is 35.9 Å². The molecule has 5 nitrogen and oxygen atoms in total. The van der Waals surface area contributed by atoms with Crippen molar-refractivity contribution >= 4 is 6.09 Å². The number of piperidine rings is 1. The summed E-state index contributed by atoms with van der Waals surface area (Å²) in [7, 11) is 1.73. The van der Waals surface area contributed by atoms with Crippen molar-refractivity contribution in [3.63, 3.8) is 0 Å². The fourth-order valence-electron chi connectivity index (χ4n) is 2.98. The van der Waals surface area contributed by atoms with E-state index in [1.54, 1.807) is 12.0 Å². The first kappa shape index (κ1) is 18.7. The molecular formula is C19H30N2O3. The van der Waals surface area contributed by atoms with Gasteiger partial charge in [-0.2, -0.15) is 0 Å². The molecule has 1 aromatic rings. The second-order valence-corrected chi connectivity index (χ2v) is 7.52. The number of benzene rings is 1. The van der Waals surface area contributed by atoms with Crippen molar-refractivity contribution in [2.75, 3.05) is 26.8 Å². The number of methoxy groups -OCH3 is 1. The van der Waals surface area contributed by atoms with E-state index in [-0.39, 0.29) is 11.6 Å². The molecule has 0 atom stereocenters. The summed E-state index contributed by atoms with van der Waals surface area (Å²) < 4.78 is 10.9. The Kier molecular flexibility index (Phi) is 6.24. The van der Waals surface area contributed by atoms with Gasteiger partial charge < -0.3 is 19.7 Å². The van der Waals surface area contributed by atoms with Gasteiger partial charge in [0.05, 0.1) is 6.61 Å². The maximum atomic E-state index is 12.2. The van der Waals surface area contributed by atoms with E-state index in [4.69, 9.17) is 9.47 Å². The molecule has 2 rings (SSSR count). The van der Waals surface area contributed by atoms with Gasteiger partial charge in [-0.15, -0.1) is 0 Å². The van der Waals surface area contributed by atoms with Crippen LogP contribution in [0.5, 0.6) is 0 Å². The number of carbonyl (C=O) groups is 1. The van der Waals surface area contributed by atoms with Crippen LogP contribution in [0.1, 0.15) is 39.2 Å². The molecule has 5 heteroatoms. The van der Waals surface area contributed by atoms with Crippen LogP contribution in [0.4, 0.5) is 4.79 Å². The molecule has 1 N–H and O–H groups in total. The molecule has 0 saturated carbocycles. The highest BCUT2D eigenvalue weighted by Gasteiger charge is 2.36. The zero-order chi connectivity index (χ0) is 17.6. The van der Waals surface area contributed by atoms with Gasteiger partial charge in [-0.25, -0.2) is 4.79 Å². The van der Waals surface area contributed by atoms with Crippen LogP contribution in [0, 0.1) is 0 Å². The maximum absolute atomic E-state index is 12.2. The average molecular weight is 334 g/mol. The van der Waals surface area contributed by atoms with Crippen molar-refractivity contribution in [1.82, 2.24) is 10.2 Å². The Morgan fingerprint density at radius 2 is 1.83 bits per heavy atom. The second kappa shape index (κ2) is 7.99. The molecule has 0 aliphatic carbocycles. The Hall–Kier alpha value is -1.59. The van der Waals surface area contributed by atoms with E-state index in [9.17, 15) is 4.79 Å². The van der Waals surface area contributed by atoms with E-state index in [0.717, 1.165) is 19.4 Å². The monoisotopic (exact) mass is 334 g/mol. The highest BCUT2D eigenvalue weighted by Crippen LogP contribution is 2.25. The number of hydrogen-bond acceptors (Lipinski definition) is 4. The van der Waals surface area contributed by atoms with Crippen LogP contribution in [-0.2, 0) is 16.0 Å². The fourth-order valence-corrected chi connectivity index (χ4v) is 2.98. The molecule has 134 valence electrons. The largest absolute Gasteiger partial charge is 0.444 e. The number of amides is 1. The molecule has 1 fully saturated rings. The molecule has 1 aromatic carbocycles. The molecule has 1 aliphatic rings. The number of hydrogen-bond donors (Lipinski definition) is 1. The van der Waals surface area contributed by atoms with E-state index in [0.29, 0.717) is 19.7 Å². The van der Waals surface area contributed by atoms with Gasteiger partial charge in [0.15, 0.2) is 0 Å². The molecule has 0 radical (unpaired) electrons. The van der Waals surface area contributed by atoms with Gasteiger partial charge in [-0.1, -0.05) is 30.3 Å². The summed E-state index contributed by atoms with van der Waals surface area (Å²) in [5.74, 6) is 0. The number of nitrogens with zero attached hydrogens (tertiary/aromatic N) is 1. The molecule has 24 heavy (non-hydrogen) atoms. The zero-order valence-corrected chi connectivity index (χ0v) is 15.3. The Morgan fingerprint density at radius 3 is 2.38 bits per heavy atom. The number of likely N-dealkylation sites (tertiary alicyclic amines) is 1.